The second-order valence-electron chi connectivity index (χ2n) is 4.74. The number of carbonyl (C=O) groups excluding carboxylic acids is 1. The van der Waals surface area contributed by atoms with E-state index in [9.17, 15) is 4.79 Å². The average Bonchev–Trinajstić information content (AvgIpc) is 2.37. The maximum absolute atomic E-state index is 11.1. The Balaban J connectivity index is 2.15. The third-order valence-electron chi connectivity index (χ3n) is 3.21. The van der Waals surface area contributed by atoms with Crippen LogP contribution < -0.4 is 10.1 Å². The van der Waals surface area contributed by atoms with Gasteiger partial charge in [-0.25, -0.2) is 4.98 Å². The first-order valence-corrected chi connectivity index (χ1v) is 6.66. The Hall–Kier alpha value is -2.07. The van der Waals surface area contributed by atoms with E-state index in [1.165, 1.54) is 6.92 Å². The molecule has 1 aliphatic heterocycles. The number of aromatic nitrogens is 1. The second-order valence-corrected chi connectivity index (χ2v) is 5.17. The Morgan fingerprint density at radius 3 is 2.90 bits per heavy atom. The van der Waals surface area contributed by atoms with Gasteiger partial charge < -0.3 is 10.1 Å². The Bertz CT molecular complexity index is 700. The largest absolute Gasteiger partial charge is 0.485 e. The summed E-state index contributed by atoms with van der Waals surface area (Å²) in [6.07, 6.45) is 1.64. The van der Waals surface area contributed by atoms with Gasteiger partial charge in [0.25, 0.3) is 0 Å². The molecule has 4 nitrogen and oxygen atoms in total. The normalized spacial score (nSPS) is 15.8. The number of rotatable bonds is 1. The lowest BCUT2D eigenvalue weighted by Crippen LogP contribution is -2.13. The second kappa shape index (κ2) is 4.80. The molecule has 2 heterocycles. The fraction of sp³-hybridized carbons (Fsp3) is 0.200. The van der Waals surface area contributed by atoms with Crippen LogP contribution in [-0.2, 0) is 4.79 Å². The van der Waals surface area contributed by atoms with E-state index in [2.05, 4.69) is 10.3 Å². The van der Waals surface area contributed by atoms with Crippen LogP contribution in [-0.4, -0.2) is 10.9 Å². The maximum Gasteiger partial charge on any atom is 0.222 e. The number of amides is 1. The van der Waals surface area contributed by atoms with E-state index in [0.29, 0.717) is 10.8 Å². The number of anilines is 1. The van der Waals surface area contributed by atoms with Crippen molar-refractivity contribution in [3.63, 3.8) is 0 Å². The number of carbonyl (C=O) groups is 1. The first-order valence-electron chi connectivity index (χ1n) is 6.28. The lowest BCUT2D eigenvalue weighted by Gasteiger charge is -2.26. The van der Waals surface area contributed by atoms with Crippen LogP contribution in [0.1, 0.15) is 25.5 Å². The maximum atomic E-state index is 11.1. The van der Waals surface area contributed by atoms with Crippen molar-refractivity contribution in [1.29, 1.82) is 0 Å². The van der Waals surface area contributed by atoms with Gasteiger partial charge in [0.15, 0.2) is 0 Å². The van der Waals surface area contributed by atoms with Crippen molar-refractivity contribution < 1.29 is 9.53 Å². The lowest BCUT2D eigenvalue weighted by molar-refractivity contribution is -0.114. The van der Waals surface area contributed by atoms with Gasteiger partial charge in [0.2, 0.25) is 5.91 Å². The van der Waals surface area contributed by atoms with Crippen molar-refractivity contribution in [3.8, 4) is 16.9 Å². The minimum atomic E-state index is -0.145. The molecule has 102 valence electrons. The number of benzene rings is 1. The van der Waals surface area contributed by atoms with Crippen LogP contribution in [0.5, 0.6) is 5.75 Å². The summed E-state index contributed by atoms with van der Waals surface area (Å²) in [5, 5.41) is 3.33. The summed E-state index contributed by atoms with van der Waals surface area (Å²) in [4.78, 5) is 15.4. The summed E-state index contributed by atoms with van der Waals surface area (Å²) in [6.45, 7) is 3.42. The number of halogens is 1. The standard InChI is InChI=1S/C15H13ClN2O2/c1-8-13-7-17-15(18-9(2)19)6-12(13)11-4-3-10(16)5-14(11)20-8/h3-8H,1-2H3,(H,17,18,19). The van der Waals surface area contributed by atoms with Crippen LogP contribution in [0.15, 0.2) is 30.5 Å². The smallest absolute Gasteiger partial charge is 0.222 e. The SMILES string of the molecule is CC(=O)Nc1cc2c(cn1)C(C)Oc1cc(Cl)ccc1-2. The molecule has 0 aliphatic carbocycles. The molecule has 1 atom stereocenters. The molecule has 1 N–H and O–H groups in total. The Kier molecular flexibility index (Phi) is 3.10. The van der Waals surface area contributed by atoms with Crippen molar-refractivity contribution >= 4 is 23.3 Å². The van der Waals surface area contributed by atoms with Gasteiger partial charge in [-0.05, 0) is 36.8 Å². The van der Waals surface area contributed by atoms with Gasteiger partial charge in [-0.2, -0.15) is 0 Å². The van der Waals surface area contributed by atoms with E-state index >= 15 is 0 Å². The number of ether oxygens (including phenoxy) is 1. The molecular weight excluding hydrogens is 276 g/mol. The summed E-state index contributed by atoms with van der Waals surface area (Å²) in [6, 6.07) is 7.40. The summed E-state index contributed by atoms with van der Waals surface area (Å²) < 4.78 is 5.85. The predicted molar refractivity (Wildman–Crippen MR) is 78.0 cm³/mol. The molecule has 0 bridgehead atoms. The van der Waals surface area contributed by atoms with E-state index in [4.69, 9.17) is 16.3 Å². The Labute approximate surface area is 121 Å². The molecule has 1 amide bonds. The van der Waals surface area contributed by atoms with E-state index in [-0.39, 0.29) is 12.0 Å². The van der Waals surface area contributed by atoms with E-state index < -0.39 is 0 Å². The molecule has 3 rings (SSSR count). The van der Waals surface area contributed by atoms with Gasteiger partial charge >= 0.3 is 0 Å². The van der Waals surface area contributed by atoms with E-state index in [1.807, 2.05) is 25.1 Å². The monoisotopic (exact) mass is 288 g/mol. The third kappa shape index (κ3) is 2.23. The van der Waals surface area contributed by atoms with Crippen LogP contribution >= 0.6 is 11.6 Å². The molecule has 0 saturated heterocycles. The molecular formula is C15H13ClN2O2. The number of fused-ring (bicyclic) bond motifs is 3. The Morgan fingerprint density at radius 2 is 2.15 bits per heavy atom. The number of pyridine rings is 1. The van der Waals surface area contributed by atoms with Crippen molar-refractivity contribution in [2.45, 2.75) is 20.0 Å². The van der Waals surface area contributed by atoms with Crippen LogP contribution in [0.4, 0.5) is 5.82 Å². The van der Waals surface area contributed by atoms with Gasteiger partial charge in [0.05, 0.1) is 0 Å². The first-order chi connectivity index (χ1) is 9.54. The van der Waals surface area contributed by atoms with Crippen molar-refractivity contribution in [2.75, 3.05) is 5.32 Å². The van der Waals surface area contributed by atoms with Gasteiger partial charge in [-0.1, -0.05) is 11.6 Å². The highest BCUT2D eigenvalue weighted by Crippen LogP contribution is 2.43. The number of nitrogens with zero attached hydrogens (tertiary/aromatic N) is 1. The van der Waals surface area contributed by atoms with Crippen LogP contribution in [0.2, 0.25) is 5.02 Å². The van der Waals surface area contributed by atoms with Gasteiger partial charge in [-0.15, -0.1) is 0 Å². The van der Waals surface area contributed by atoms with Crippen molar-refractivity contribution in [1.82, 2.24) is 4.98 Å². The van der Waals surface area contributed by atoms with Gasteiger partial charge in [0.1, 0.15) is 17.7 Å². The van der Waals surface area contributed by atoms with Crippen LogP contribution in [0, 0.1) is 0 Å². The highest BCUT2D eigenvalue weighted by atomic mass is 35.5. The minimum absolute atomic E-state index is 0.102. The molecule has 0 spiro atoms. The fourth-order valence-electron chi connectivity index (χ4n) is 2.34. The topological polar surface area (TPSA) is 51.2 Å². The molecule has 20 heavy (non-hydrogen) atoms. The number of hydrogen-bond acceptors (Lipinski definition) is 3. The highest BCUT2D eigenvalue weighted by molar-refractivity contribution is 6.30. The molecule has 2 aromatic rings. The van der Waals surface area contributed by atoms with Crippen LogP contribution in [0.3, 0.4) is 0 Å². The zero-order valence-electron chi connectivity index (χ0n) is 11.1. The quantitative estimate of drug-likeness (QED) is 0.868. The zero-order chi connectivity index (χ0) is 14.3. The van der Waals surface area contributed by atoms with Gasteiger partial charge in [0, 0.05) is 29.3 Å². The number of hydrogen-bond donors (Lipinski definition) is 1. The molecule has 1 aliphatic rings. The Morgan fingerprint density at radius 1 is 1.35 bits per heavy atom. The third-order valence-corrected chi connectivity index (χ3v) is 3.45. The summed E-state index contributed by atoms with van der Waals surface area (Å²) in [7, 11) is 0. The molecule has 0 radical (unpaired) electrons. The van der Waals surface area contributed by atoms with E-state index in [1.54, 1.807) is 12.3 Å². The summed E-state index contributed by atoms with van der Waals surface area (Å²) in [5.41, 5.74) is 2.96. The van der Waals surface area contributed by atoms with E-state index in [0.717, 1.165) is 22.4 Å². The summed E-state index contributed by atoms with van der Waals surface area (Å²) in [5.74, 6) is 1.14. The molecule has 1 aromatic heterocycles. The molecule has 1 aromatic carbocycles. The molecule has 1 unspecified atom stereocenters. The van der Waals surface area contributed by atoms with Crippen molar-refractivity contribution in [3.05, 3.63) is 41.0 Å². The molecule has 5 heteroatoms. The number of nitrogens with one attached hydrogen (secondary N) is 1. The molecule has 0 saturated carbocycles. The van der Waals surface area contributed by atoms with Crippen molar-refractivity contribution in [2.24, 2.45) is 0 Å². The molecule has 0 fully saturated rings. The fourth-order valence-corrected chi connectivity index (χ4v) is 2.50. The lowest BCUT2D eigenvalue weighted by atomic mass is 9.95. The zero-order valence-corrected chi connectivity index (χ0v) is 11.9. The summed E-state index contributed by atoms with van der Waals surface area (Å²) >= 11 is 6.00. The minimum Gasteiger partial charge on any atom is -0.485 e. The van der Waals surface area contributed by atoms with Crippen LogP contribution in [0.25, 0.3) is 11.1 Å². The average molecular weight is 289 g/mol. The highest BCUT2D eigenvalue weighted by Gasteiger charge is 2.24. The first kappa shape index (κ1) is 12.9. The van der Waals surface area contributed by atoms with Gasteiger partial charge in [-0.3, -0.25) is 4.79 Å². The predicted octanol–water partition coefficient (Wildman–Crippen LogP) is 3.81.